The van der Waals surface area contributed by atoms with Crippen molar-refractivity contribution in [1.82, 2.24) is 15.1 Å². The van der Waals surface area contributed by atoms with E-state index < -0.39 is 0 Å². The quantitative estimate of drug-likeness (QED) is 0.885. The third kappa shape index (κ3) is 3.35. The number of nitriles is 1. The fourth-order valence-electron chi connectivity index (χ4n) is 3.20. The molecule has 1 fully saturated rings. The Bertz CT molecular complexity index is 627. The topological polar surface area (TPSA) is 76.4 Å². The molecule has 0 aromatic heterocycles. The minimum absolute atomic E-state index is 0.00717. The van der Waals surface area contributed by atoms with Crippen LogP contribution in [0.5, 0.6) is 0 Å². The van der Waals surface area contributed by atoms with Gasteiger partial charge in [0.25, 0.3) is 0 Å². The van der Waals surface area contributed by atoms with E-state index in [-0.39, 0.29) is 30.9 Å². The molecule has 120 valence electrons. The van der Waals surface area contributed by atoms with Crippen molar-refractivity contribution in [3.05, 3.63) is 35.4 Å². The van der Waals surface area contributed by atoms with E-state index in [2.05, 4.69) is 11.4 Å². The molecule has 0 radical (unpaired) electrons. The van der Waals surface area contributed by atoms with Crippen LogP contribution in [-0.4, -0.2) is 47.3 Å². The molecule has 6 nitrogen and oxygen atoms in total. The number of hydrogen-bond donors (Lipinski definition) is 1. The molecule has 23 heavy (non-hydrogen) atoms. The normalized spacial score (nSPS) is 19.5. The van der Waals surface area contributed by atoms with Crippen LogP contribution in [0.25, 0.3) is 0 Å². The van der Waals surface area contributed by atoms with Crippen LogP contribution >= 0.6 is 0 Å². The molecule has 2 heterocycles. The predicted octanol–water partition coefficient (Wildman–Crippen LogP) is 0.633. The Morgan fingerprint density at radius 1 is 1.17 bits per heavy atom. The van der Waals surface area contributed by atoms with Gasteiger partial charge in [0, 0.05) is 19.6 Å². The van der Waals surface area contributed by atoms with Crippen molar-refractivity contribution < 1.29 is 9.59 Å². The number of rotatable bonds is 4. The van der Waals surface area contributed by atoms with E-state index in [4.69, 9.17) is 5.26 Å². The van der Waals surface area contributed by atoms with E-state index in [9.17, 15) is 9.59 Å². The van der Waals surface area contributed by atoms with Crippen LogP contribution in [0.3, 0.4) is 0 Å². The highest BCUT2D eigenvalue weighted by Gasteiger charge is 2.28. The van der Waals surface area contributed by atoms with E-state index in [0.29, 0.717) is 19.6 Å². The SMILES string of the molecule is N#C[C@@H]1CCCN1C(=O)CNCC(=O)N1Cc2ccccc2C1. The standard InChI is InChI=1S/C17H20N4O2/c18-8-15-6-3-7-21(15)17(23)10-19-9-16(22)20-11-13-4-1-2-5-14(13)12-20/h1-2,4-5,15,19H,3,6-7,9-12H2/t15-/m0/s1. The lowest BCUT2D eigenvalue weighted by atomic mass is 10.1. The number of benzene rings is 1. The molecule has 3 rings (SSSR count). The number of nitrogens with zero attached hydrogens (tertiary/aromatic N) is 3. The smallest absolute Gasteiger partial charge is 0.237 e. The molecule has 0 bridgehead atoms. The molecule has 1 aromatic rings. The Morgan fingerprint density at radius 2 is 1.83 bits per heavy atom. The minimum Gasteiger partial charge on any atom is -0.333 e. The zero-order valence-electron chi connectivity index (χ0n) is 13.0. The van der Waals surface area contributed by atoms with Crippen molar-refractivity contribution >= 4 is 11.8 Å². The highest BCUT2D eigenvalue weighted by atomic mass is 16.2. The lowest BCUT2D eigenvalue weighted by Gasteiger charge is -2.20. The fraction of sp³-hybridized carbons (Fsp3) is 0.471. The zero-order valence-corrected chi connectivity index (χ0v) is 13.0. The third-order valence-electron chi connectivity index (χ3n) is 4.47. The highest BCUT2D eigenvalue weighted by Crippen LogP contribution is 2.21. The minimum atomic E-state index is -0.312. The molecule has 1 saturated heterocycles. The summed E-state index contributed by atoms with van der Waals surface area (Å²) >= 11 is 0. The molecule has 2 aliphatic heterocycles. The Balaban J connectivity index is 1.44. The van der Waals surface area contributed by atoms with E-state index in [1.54, 1.807) is 9.80 Å². The highest BCUT2D eigenvalue weighted by molar-refractivity contribution is 5.82. The van der Waals surface area contributed by atoms with Gasteiger partial charge in [-0.1, -0.05) is 24.3 Å². The summed E-state index contributed by atoms with van der Waals surface area (Å²) in [6.07, 6.45) is 1.61. The first-order valence-electron chi connectivity index (χ1n) is 7.93. The molecule has 0 aliphatic carbocycles. The monoisotopic (exact) mass is 312 g/mol. The Hall–Kier alpha value is -2.39. The number of hydrogen-bond acceptors (Lipinski definition) is 4. The van der Waals surface area contributed by atoms with Gasteiger partial charge in [0.15, 0.2) is 0 Å². The average molecular weight is 312 g/mol. The van der Waals surface area contributed by atoms with E-state index in [1.165, 1.54) is 11.1 Å². The van der Waals surface area contributed by atoms with Gasteiger partial charge in [-0.3, -0.25) is 14.9 Å². The third-order valence-corrected chi connectivity index (χ3v) is 4.47. The Morgan fingerprint density at radius 3 is 2.48 bits per heavy atom. The van der Waals surface area contributed by atoms with E-state index in [1.807, 2.05) is 24.3 Å². The largest absolute Gasteiger partial charge is 0.333 e. The van der Waals surface area contributed by atoms with Gasteiger partial charge >= 0.3 is 0 Å². The van der Waals surface area contributed by atoms with Crippen molar-refractivity contribution in [3.8, 4) is 6.07 Å². The second kappa shape index (κ2) is 6.80. The van der Waals surface area contributed by atoms with E-state index >= 15 is 0 Å². The van der Waals surface area contributed by atoms with Crippen LogP contribution in [0.15, 0.2) is 24.3 Å². The van der Waals surface area contributed by atoms with Crippen molar-refractivity contribution in [2.24, 2.45) is 0 Å². The van der Waals surface area contributed by atoms with Crippen LogP contribution in [0.4, 0.5) is 0 Å². The number of likely N-dealkylation sites (tertiary alicyclic amines) is 1. The zero-order chi connectivity index (χ0) is 16.2. The summed E-state index contributed by atoms with van der Waals surface area (Å²) in [5.74, 6) is -0.112. The molecule has 1 atom stereocenters. The molecule has 0 unspecified atom stereocenters. The number of carbonyl (C=O) groups excluding carboxylic acids is 2. The van der Waals surface area contributed by atoms with Gasteiger partial charge in [0.2, 0.25) is 11.8 Å². The van der Waals surface area contributed by atoms with Gasteiger partial charge in [0.05, 0.1) is 19.2 Å². The molecule has 1 aromatic carbocycles. The summed E-state index contributed by atoms with van der Waals surface area (Å²) in [6, 6.07) is 9.87. The second-order valence-electron chi connectivity index (χ2n) is 6.00. The lowest BCUT2D eigenvalue weighted by molar-refractivity contribution is -0.132. The van der Waals surface area contributed by atoms with Gasteiger partial charge in [-0.2, -0.15) is 5.26 Å². The van der Waals surface area contributed by atoms with Crippen LogP contribution in [0.1, 0.15) is 24.0 Å². The maximum Gasteiger partial charge on any atom is 0.237 e. The van der Waals surface area contributed by atoms with Crippen LogP contribution < -0.4 is 5.32 Å². The van der Waals surface area contributed by atoms with Crippen molar-refractivity contribution in [3.63, 3.8) is 0 Å². The number of amides is 2. The number of nitrogens with one attached hydrogen (secondary N) is 1. The summed E-state index contributed by atoms with van der Waals surface area (Å²) in [6.45, 7) is 2.14. The molecule has 2 amide bonds. The Kier molecular flexibility index (Phi) is 4.58. The molecule has 1 N–H and O–H groups in total. The first kappa shape index (κ1) is 15.5. The summed E-state index contributed by atoms with van der Waals surface area (Å²) in [5, 5.41) is 11.9. The molecule has 0 spiro atoms. The van der Waals surface area contributed by atoms with Crippen LogP contribution in [-0.2, 0) is 22.7 Å². The predicted molar refractivity (Wildman–Crippen MR) is 83.9 cm³/mol. The van der Waals surface area contributed by atoms with Crippen molar-refractivity contribution in [2.45, 2.75) is 32.0 Å². The van der Waals surface area contributed by atoms with Gasteiger partial charge in [-0.25, -0.2) is 0 Å². The number of carbonyl (C=O) groups is 2. The lowest BCUT2D eigenvalue weighted by Crippen LogP contribution is -2.43. The maximum absolute atomic E-state index is 12.2. The van der Waals surface area contributed by atoms with Gasteiger partial charge in [0.1, 0.15) is 6.04 Å². The molecule has 0 saturated carbocycles. The maximum atomic E-state index is 12.2. The van der Waals surface area contributed by atoms with Crippen molar-refractivity contribution in [2.75, 3.05) is 19.6 Å². The number of fused-ring (bicyclic) bond motifs is 1. The Labute approximate surface area is 135 Å². The van der Waals surface area contributed by atoms with Crippen LogP contribution in [0, 0.1) is 11.3 Å². The summed E-state index contributed by atoms with van der Waals surface area (Å²) < 4.78 is 0. The van der Waals surface area contributed by atoms with Crippen molar-refractivity contribution in [1.29, 1.82) is 5.26 Å². The summed E-state index contributed by atoms with van der Waals surface area (Å²) in [7, 11) is 0. The molecular formula is C17H20N4O2. The second-order valence-corrected chi connectivity index (χ2v) is 6.00. The summed E-state index contributed by atoms with van der Waals surface area (Å²) in [5.41, 5.74) is 2.37. The van der Waals surface area contributed by atoms with Gasteiger partial charge in [-0.15, -0.1) is 0 Å². The summed E-state index contributed by atoms with van der Waals surface area (Å²) in [4.78, 5) is 27.7. The first-order valence-corrected chi connectivity index (χ1v) is 7.93. The molecular weight excluding hydrogens is 292 g/mol. The van der Waals surface area contributed by atoms with Gasteiger partial charge < -0.3 is 9.80 Å². The molecule has 2 aliphatic rings. The van der Waals surface area contributed by atoms with Crippen LogP contribution in [0.2, 0.25) is 0 Å². The van der Waals surface area contributed by atoms with E-state index in [0.717, 1.165) is 12.8 Å². The van der Waals surface area contributed by atoms with Gasteiger partial charge in [-0.05, 0) is 24.0 Å². The fourth-order valence-corrected chi connectivity index (χ4v) is 3.20. The molecule has 6 heteroatoms. The average Bonchev–Trinajstić information content (AvgIpc) is 3.20. The first-order chi connectivity index (χ1) is 11.2.